The topological polar surface area (TPSA) is 37.9 Å². The molecule has 0 unspecified atom stereocenters. The number of H-pyrrole nitrogens is 1. The Morgan fingerprint density at radius 2 is 2.70 bits per heavy atom. The average Bonchev–Trinajstić information content (AvgIpc) is 2.59. The second-order valence-corrected chi connectivity index (χ2v) is 2.53. The van der Waals surface area contributed by atoms with Gasteiger partial charge in [-0.15, -0.1) is 0 Å². The molecule has 1 aromatic rings. The highest BCUT2D eigenvalue weighted by molar-refractivity contribution is 4.98. The predicted octanol–water partition coefficient (Wildman–Crippen LogP) is 0.914. The smallest absolute Gasteiger partial charge is 0.111 e. The zero-order chi connectivity index (χ0) is 6.81. The molecule has 1 saturated heterocycles. The molecule has 0 saturated carbocycles. The van der Waals surface area contributed by atoms with Crippen molar-refractivity contribution in [1.29, 1.82) is 0 Å². The minimum absolute atomic E-state index is 0.509. The maximum absolute atomic E-state index is 5.22. The Morgan fingerprint density at radius 3 is 3.30 bits per heavy atom. The van der Waals surface area contributed by atoms with Crippen molar-refractivity contribution in [2.75, 3.05) is 13.2 Å². The average molecular weight is 138 g/mol. The maximum Gasteiger partial charge on any atom is 0.111 e. The molecule has 1 fully saturated rings. The van der Waals surface area contributed by atoms with Gasteiger partial charge in [0.25, 0.3) is 0 Å². The van der Waals surface area contributed by atoms with E-state index < -0.39 is 0 Å². The monoisotopic (exact) mass is 138 g/mol. The van der Waals surface area contributed by atoms with Crippen molar-refractivity contribution in [3.8, 4) is 0 Å². The minimum Gasteiger partial charge on any atom is -0.381 e. The second-order valence-electron chi connectivity index (χ2n) is 2.53. The number of imidazole rings is 1. The summed E-state index contributed by atoms with van der Waals surface area (Å²) in [5.41, 5.74) is 0. The van der Waals surface area contributed by atoms with Crippen LogP contribution in [0.4, 0.5) is 0 Å². The van der Waals surface area contributed by atoms with E-state index in [1.807, 2.05) is 6.20 Å². The van der Waals surface area contributed by atoms with Crippen LogP contribution >= 0.6 is 0 Å². The number of nitrogens with zero attached hydrogens (tertiary/aromatic N) is 1. The van der Waals surface area contributed by atoms with Crippen LogP contribution < -0.4 is 0 Å². The molecule has 1 N–H and O–H groups in total. The Hall–Kier alpha value is -0.830. The first-order chi connectivity index (χ1) is 4.97. The normalized spacial score (nSPS) is 25.4. The molecule has 0 bridgehead atoms. The van der Waals surface area contributed by atoms with E-state index in [0.29, 0.717) is 5.92 Å². The fourth-order valence-corrected chi connectivity index (χ4v) is 1.25. The highest BCUT2D eigenvalue weighted by Crippen LogP contribution is 2.21. The lowest BCUT2D eigenvalue weighted by atomic mass is 10.1. The summed E-state index contributed by atoms with van der Waals surface area (Å²) in [6.07, 6.45) is 4.74. The number of hydrogen-bond donors (Lipinski definition) is 1. The molecule has 2 heterocycles. The zero-order valence-corrected chi connectivity index (χ0v) is 5.71. The van der Waals surface area contributed by atoms with E-state index in [9.17, 15) is 0 Å². The fraction of sp³-hybridized carbons (Fsp3) is 0.571. The highest BCUT2D eigenvalue weighted by Gasteiger charge is 2.18. The van der Waals surface area contributed by atoms with Crippen molar-refractivity contribution in [2.24, 2.45) is 0 Å². The van der Waals surface area contributed by atoms with Crippen molar-refractivity contribution in [3.05, 3.63) is 18.2 Å². The van der Waals surface area contributed by atoms with Gasteiger partial charge in [-0.05, 0) is 6.42 Å². The molecule has 0 radical (unpaired) electrons. The molecule has 3 nitrogen and oxygen atoms in total. The number of aromatic amines is 1. The van der Waals surface area contributed by atoms with Crippen molar-refractivity contribution in [3.63, 3.8) is 0 Å². The van der Waals surface area contributed by atoms with Gasteiger partial charge in [0.1, 0.15) is 5.82 Å². The first kappa shape index (κ1) is 5.92. The Kier molecular flexibility index (Phi) is 1.43. The van der Waals surface area contributed by atoms with Gasteiger partial charge in [-0.2, -0.15) is 0 Å². The first-order valence-corrected chi connectivity index (χ1v) is 3.54. The fourth-order valence-electron chi connectivity index (χ4n) is 1.25. The number of aromatic nitrogens is 2. The summed E-state index contributed by atoms with van der Waals surface area (Å²) >= 11 is 0. The van der Waals surface area contributed by atoms with Crippen LogP contribution in [0.2, 0.25) is 0 Å². The molecule has 3 heteroatoms. The molecule has 0 amide bonds. The SMILES string of the molecule is c1c[nH]c([C@@H]2CCOC2)n1. The first-order valence-electron chi connectivity index (χ1n) is 3.54. The second kappa shape index (κ2) is 2.42. The molecule has 1 aromatic heterocycles. The molecule has 1 atom stereocenters. The predicted molar refractivity (Wildman–Crippen MR) is 36.8 cm³/mol. The third-order valence-electron chi connectivity index (χ3n) is 1.84. The van der Waals surface area contributed by atoms with Crippen LogP contribution in [0.25, 0.3) is 0 Å². The molecular formula is C7H10N2O. The van der Waals surface area contributed by atoms with E-state index in [2.05, 4.69) is 9.97 Å². The molecule has 54 valence electrons. The van der Waals surface area contributed by atoms with E-state index in [1.54, 1.807) is 6.20 Å². The standard InChI is InChI=1S/C7H10N2O/c1-4-10-5-6(1)7-8-2-3-9-7/h2-3,6H,1,4-5H2,(H,8,9)/t6-/m1/s1. The lowest BCUT2D eigenvalue weighted by molar-refractivity contribution is 0.193. The van der Waals surface area contributed by atoms with Gasteiger partial charge in [0.05, 0.1) is 6.61 Å². The summed E-state index contributed by atoms with van der Waals surface area (Å²) in [5, 5.41) is 0. The van der Waals surface area contributed by atoms with Gasteiger partial charge in [-0.1, -0.05) is 0 Å². The van der Waals surface area contributed by atoms with E-state index >= 15 is 0 Å². The lowest BCUT2D eigenvalue weighted by Gasteiger charge is -2.00. The number of hydrogen-bond acceptors (Lipinski definition) is 2. The molecule has 0 aliphatic carbocycles. The Morgan fingerprint density at radius 1 is 1.70 bits per heavy atom. The van der Waals surface area contributed by atoms with Crippen LogP contribution in [0.5, 0.6) is 0 Å². The van der Waals surface area contributed by atoms with Crippen molar-refractivity contribution in [2.45, 2.75) is 12.3 Å². The van der Waals surface area contributed by atoms with Crippen LogP contribution in [-0.4, -0.2) is 23.2 Å². The Labute approximate surface area is 59.4 Å². The van der Waals surface area contributed by atoms with Gasteiger partial charge >= 0.3 is 0 Å². The molecular weight excluding hydrogens is 128 g/mol. The zero-order valence-electron chi connectivity index (χ0n) is 5.71. The molecule has 2 rings (SSSR count). The molecule has 1 aliphatic rings. The summed E-state index contributed by atoms with van der Waals surface area (Å²) < 4.78 is 5.22. The molecule has 10 heavy (non-hydrogen) atoms. The summed E-state index contributed by atoms with van der Waals surface area (Å²) in [5.74, 6) is 1.58. The van der Waals surface area contributed by atoms with Gasteiger partial charge < -0.3 is 9.72 Å². The van der Waals surface area contributed by atoms with Crippen LogP contribution in [0.3, 0.4) is 0 Å². The third-order valence-corrected chi connectivity index (χ3v) is 1.84. The molecule has 0 spiro atoms. The van der Waals surface area contributed by atoms with Gasteiger partial charge in [0, 0.05) is 24.9 Å². The van der Waals surface area contributed by atoms with Crippen molar-refractivity contribution < 1.29 is 4.74 Å². The maximum atomic E-state index is 5.22. The Balaban J connectivity index is 2.12. The number of nitrogens with one attached hydrogen (secondary N) is 1. The van der Waals surface area contributed by atoms with Gasteiger partial charge in [-0.3, -0.25) is 0 Å². The summed E-state index contributed by atoms with van der Waals surface area (Å²) in [4.78, 5) is 7.25. The third kappa shape index (κ3) is 0.926. The van der Waals surface area contributed by atoms with E-state index in [4.69, 9.17) is 4.74 Å². The molecule has 0 aromatic carbocycles. The van der Waals surface area contributed by atoms with Crippen molar-refractivity contribution in [1.82, 2.24) is 9.97 Å². The van der Waals surface area contributed by atoms with Crippen LogP contribution in [-0.2, 0) is 4.74 Å². The van der Waals surface area contributed by atoms with Gasteiger partial charge in [0.15, 0.2) is 0 Å². The minimum atomic E-state index is 0.509. The quantitative estimate of drug-likeness (QED) is 0.626. The summed E-state index contributed by atoms with van der Waals surface area (Å²) in [6.45, 7) is 1.71. The van der Waals surface area contributed by atoms with E-state index in [-0.39, 0.29) is 0 Å². The van der Waals surface area contributed by atoms with Crippen LogP contribution in [0, 0.1) is 0 Å². The van der Waals surface area contributed by atoms with E-state index in [1.165, 1.54) is 0 Å². The number of ether oxygens (including phenoxy) is 1. The largest absolute Gasteiger partial charge is 0.381 e. The summed E-state index contributed by atoms with van der Waals surface area (Å²) in [6, 6.07) is 0. The lowest BCUT2D eigenvalue weighted by Crippen LogP contribution is -1.98. The molecule has 1 aliphatic heterocycles. The van der Waals surface area contributed by atoms with Gasteiger partial charge in [0.2, 0.25) is 0 Å². The van der Waals surface area contributed by atoms with Crippen molar-refractivity contribution >= 4 is 0 Å². The van der Waals surface area contributed by atoms with Crippen LogP contribution in [0.15, 0.2) is 12.4 Å². The highest BCUT2D eigenvalue weighted by atomic mass is 16.5. The summed E-state index contributed by atoms with van der Waals surface area (Å²) in [7, 11) is 0. The van der Waals surface area contributed by atoms with Gasteiger partial charge in [-0.25, -0.2) is 4.98 Å². The van der Waals surface area contributed by atoms with E-state index in [0.717, 1.165) is 25.5 Å². The van der Waals surface area contributed by atoms with Crippen LogP contribution in [0.1, 0.15) is 18.2 Å². The Bertz CT molecular complexity index is 189. The number of rotatable bonds is 1.